The van der Waals surface area contributed by atoms with Gasteiger partial charge in [-0.2, -0.15) is 0 Å². The molecule has 1 heterocycles. The van der Waals surface area contributed by atoms with Gasteiger partial charge >= 0.3 is 0 Å². The number of nitrogens with two attached hydrogens (primary N) is 1. The number of thiazole rings is 1. The van der Waals surface area contributed by atoms with Crippen molar-refractivity contribution < 1.29 is 9.59 Å². The number of carbonyl (C=O) groups is 2. The van der Waals surface area contributed by atoms with Gasteiger partial charge in [-0.15, -0.1) is 11.3 Å². The van der Waals surface area contributed by atoms with Crippen LogP contribution >= 0.6 is 11.3 Å². The molecule has 104 valence electrons. The summed E-state index contributed by atoms with van der Waals surface area (Å²) in [4.78, 5) is 26.7. The normalized spacial score (nSPS) is 10.1. The summed E-state index contributed by atoms with van der Waals surface area (Å²) in [5.41, 5.74) is 7.50. The van der Waals surface area contributed by atoms with E-state index in [2.05, 4.69) is 15.6 Å². The quantitative estimate of drug-likeness (QED) is 0.800. The first-order valence-electron chi connectivity index (χ1n) is 5.90. The van der Waals surface area contributed by atoms with Gasteiger partial charge < -0.3 is 16.4 Å². The fourth-order valence-electron chi connectivity index (χ4n) is 1.61. The van der Waals surface area contributed by atoms with Gasteiger partial charge in [-0.05, 0) is 24.3 Å². The molecule has 2 amide bonds. The minimum atomic E-state index is -0.164. The van der Waals surface area contributed by atoms with Crippen molar-refractivity contribution in [1.82, 2.24) is 4.98 Å². The number of nitrogens with zero attached hydrogens (tertiary/aromatic N) is 1. The van der Waals surface area contributed by atoms with Gasteiger partial charge in [0.25, 0.3) is 0 Å². The van der Waals surface area contributed by atoms with E-state index in [4.69, 9.17) is 5.73 Å². The maximum Gasteiger partial charge on any atom is 0.230 e. The lowest BCUT2D eigenvalue weighted by Crippen LogP contribution is -2.14. The fraction of sp³-hybridized carbons (Fsp3) is 0.154. The summed E-state index contributed by atoms with van der Waals surface area (Å²) in [7, 11) is 0. The van der Waals surface area contributed by atoms with Crippen LogP contribution in [0.4, 0.5) is 16.5 Å². The van der Waals surface area contributed by atoms with Gasteiger partial charge in [0.2, 0.25) is 11.8 Å². The first-order valence-corrected chi connectivity index (χ1v) is 6.78. The lowest BCUT2D eigenvalue weighted by Gasteiger charge is -2.06. The smallest absolute Gasteiger partial charge is 0.230 e. The summed E-state index contributed by atoms with van der Waals surface area (Å²) in [6.45, 7) is 1.44. The third-order valence-electron chi connectivity index (χ3n) is 2.40. The van der Waals surface area contributed by atoms with Crippen LogP contribution in [-0.2, 0) is 16.0 Å². The Hall–Kier alpha value is -2.41. The van der Waals surface area contributed by atoms with E-state index in [1.165, 1.54) is 18.3 Å². The molecule has 0 unspecified atom stereocenters. The number of nitrogens with one attached hydrogen (secondary N) is 2. The first-order chi connectivity index (χ1) is 9.52. The summed E-state index contributed by atoms with van der Waals surface area (Å²) in [5.74, 6) is -0.300. The van der Waals surface area contributed by atoms with Gasteiger partial charge in [0.1, 0.15) is 0 Å². The number of hydrogen-bond donors (Lipinski definition) is 3. The molecule has 2 aromatic rings. The van der Waals surface area contributed by atoms with Crippen LogP contribution in [0.3, 0.4) is 0 Å². The highest BCUT2D eigenvalue weighted by Gasteiger charge is 2.07. The molecule has 7 heteroatoms. The number of amides is 2. The standard InChI is InChI=1S/C13H14N4O2S/c1-8(18)15-9-2-4-10(5-3-9)16-12(19)6-11-7-20-13(14)17-11/h2-5,7H,6H2,1H3,(H2,14,17)(H,15,18)(H,16,19). The van der Waals surface area contributed by atoms with Crippen molar-refractivity contribution in [2.45, 2.75) is 13.3 Å². The molecule has 0 aliphatic heterocycles. The molecule has 1 aromatic carbocycles. The van der Waals surface area contributed by atoms with E-state index in [9.17, 15) is 9.59 Å². The summed E-state index contributed by atoms with van der Waals surface area (Å²) in [5, 5.41) is 7.62. The lowest BCUT2D eigenvalue weighted by molar-refractivity contribution is -0.116. The van der Waals surface area contributed by atoms with Crippen LogP contribution in [0.15, 0.2) is 29.6 Å². The molecular formula is C13H14N4O2S. The Kier molecular flexibility index (Phi) is 4.31. The lowest BCUT2D eigenvalue weighted by atomic mass is 10.2. The Morgan fingerprint density at radius 2 is 1.80 bits per heavy atom. The molecule has 4 N–H and O–H groups in total. The minimum absolute atomic E-state index is 0.136. The van der Waals surface area contributed by atoms with E-state index in [0.717, 1.165) is 0 Å². The predicted molar refractivity (Wildman–Crippen MR) is 79.6 cm³/mol. The zero-order chi connectivity index (χ0) is 14.5. The minimum Gasteiger partial charge on any atom is -0.375 e. The average molecular weight is 290 g/mol. The van der Waals surface area contributed by atoms with Crippen molar-refractivity contribution in [3.05, 3.63) is 35.3 Å². The van der Waals surface area contributed by atoms with Crippen LogP contribution < -0.4 is 16.4 Å². The summed E-state index contributed by atoms with van der Waals surface area (Å²) >= 11 is 1.31. The van der Waals surface area contributed by atoms with Crippen molar-refractivity contribution in [3.63, 3.8) is 0 Å². The van der Waals surface area contributed by atoms with E-state index in [1.54, 1.807) is 29.6 Å². The molecule has 6 nitrogen and oxygen atoms in total. The first kappa shape index (κ1) is 14.0. The molecule has 0 spiro atoms. The molecule has 0 radical (unpaired) electrons. The van der Waals surface area contributed by atoms with E-state index in [1.807, 2.05) is 0 Å². The van der Waals surface area contributed by atoms with Crippen molar-refractivity contribution in [2.24, 2.45) is 0 Å². The SMILES string of the molecule is CC(=O)Nc1ccc(NC(=O)Cc2csc(N)n2)cc1. The largest absolute Gasteiger partial charge is 0.375 e. The van der Waals surface area contributed by atoms with Gasteiger partial charge in [-0.1, -0.05) is 0 Å². The summed E-state index contributed by atoms with van der Waals surface area (Å²) in [6, 6.07) is 6.88. The molecule has 1 aromatic heterocycles. The summed E-state index contributed by atoms with van der Waals surface area (Å²) < 4.78 is 0. The van der Waals surface area contributed by atoms with Gasteiger partial charge in [0, 0.05) is 23.7 Å². The van der Waals surface area contributed by atoms with Crippen LogP contribution in [0, 0.1) is 0 Å². The molecule has 0 aliphatic carbocycles. The Morgan fingerprint density at radius 3 is 2.30 bits per heavy atom. The monoisotopic (exact) mass is 290 g/mol. The van der Waals surface area contributed by atoms with E-state index in [0.29, 0.717) is 22.2 Å². The third-order valence-corrected chi connectivity index (χ3v) is 3.12. The Labute approximate surface area is 120 Å². The number of benzene rings is 1. The molecule has 0 atom stereocenters. The Balaban J connectivity index is 1.92. The summed E-state index contributed by atoms with van der Waals surface area (Å²) in [6.07, 6.45) is 0.182. The Bertz CT molecular complexity index is 622. The van der Waals surface area contributed by atoms with Gasteiger partial charge in [0.15, 0.2) is 5.13 Å². The molecule has 0 saturated heterocycles. The van der Waals surface area contributed by atoms with Crippen LogP contribution in [0.2, 0.25) is 0 Å². The number of anilines is 3. The highest BCUT2D eigenvalue weighted by molar-refractivity contribution is 7.13. The highest BCUT2D eigenvalue weighted by Crippen LogP contribution is 2.15. The second kappa shape index (κ2) is 6.16. The van der Waals surface area contributed by atoms with Crippen LogP contribution in [-0.4, -0.2) is 16.8 Å². The molecule has 0 saturated carbocycles. The maximum absolute atomic E-state index is 11.8. The fourth-order valence-corrected chi connectivity index (χ4v) is 2.18. The number of rotatable bonds is 4. The number of nitrogen functional groups attached to an aromatic ring is 1. The van der Waals surface area contributed by atoms with Crippen LogP contribution in [0.5, 0.6) is 0 Å². The topological polar surface area (TPSA) is 97.1 Å². The maximum atomic E-state index is 11.8. The molecule has 0 bridgehead atoms. The second-order valence-corrected chi connectivity index (χ2v) is 5.05. The van der Waals surface area contributed by atoms with Gasteiger partial charge in [-0.25, -0.2) is 4.98 Å². The van der Waals surface area contributed by atoms with E-state index in [-0.39, 0.29) is 18.2 Å². The van der Waals surface area contributed by atoms with Crippen molar-refractivity contribution in [2.75, 3.05) is 16.4 Å². The zero-order valence-corrected chi connectivity index (χ0v) is 11.7. The third kappa shape index (κ3) is 4.06. The molecular weight excluding hydrogens is 276 g/mol. The Morgan fingerprint density at radius 1 is 1.20 bits per heavy atom. The molecule has 0 aliphatic rings. The zero-order valence-electron chi connectivity index (χ0n) is 10.8. The van der Waals surface area contributed by atoms with Crippen molar-refractivity contribution in [3.8, 4) is 0 Å². The van der Waals surface area contributed by atoms with Crippen LogP contribution in [0.25, 0.3) is 0 Å². The van der Waals surface area contributed by atoms with Crippen molar-refractivity contribution >= 4 is 39.7 Å². The number of aromatic nitrogens is 1. The van der Waals surface area contributed by atoms with Crippen molar-refractivity contribution in [1.29, 1.82) is 0 Å². The van der Waals surface area contributed by atoms with E-state index >= 15 is 0 Å². The molecule has 0 fully saturated rings. The molecule has 20 heavy (non-hydrogen) atoms. The highest BCUT2D eigenvalue weighted by atomic mass is 32.1. The molecule has 2 rings (SSSR count). The predicted octanol–water partition coefficient (Wildman–Crippen LogP) is 1.86. The average Bonchev–Trinajstić information content (AvgIpc) is 2.76. The van der Waals surface area contributed by atoms with Gasteiger partial charge in [0.05, 0.1) is 12.1 Å². The van der Waals surface area contributed by atoms with Gasteiger partial charge in [-0.3, -0.25) is 9.59 Å². The second-order valence-electron chi connectivity index (χ2n) is 4.16. The number of hydrogen-bond acceptors (Lipinski definition) is 5. The number of carbonyl (C=O) groups excluding carboxylic acids is 2. The van der Waals surface area contributed by atoms with E-state index < -0.39 is 0 Å². The van der Waals surface area contributed by atoms with Crippen LogP contribution in [0.1, 0.15) is 12.6 Å².